The van der Waals surface area contributed by atoms with Gasteiger partial charge in [0.25, 0.3) is 5.91 Å². The Hall–Kier alpha value is -2.57. The molecule has 2 aromatic rings. The highest BCUT2D eigenvalue weighted by atomic mass is 35.5. The lowest BCUT2D eigenvalue weighted by Crippen LogP contribution is -2.46. The van der Waals surface area contributed by atoms with Crippen LogP contribution in [0.2, 0.25) is 5.02 Å². The molecular weight excluding hydrogens is 354 g/mol. The Labute approximate surface area is 157 Å². The fourth-order valence-electron chi connectivity index (χ4n) is 3.03. The summed E-state index contributed by atoms with van der Waals surface area (Å²) in [6, 6.07) is 14.9. The SMILES string of the molecule is CN(C(=O)CN(CC(=O)O)c1cccc(Cl)c1)N1Cc2ccccc2C1. The van der Waals surface area contributed by atoms with Gasteiger partial charge in [-0.05, 0) is 29.3 Å². The zero-order chi connectivity index (χ0) is 18.7. The van der Waals surface area contributed by atoms with Crippen molar-refractivity contribution in [3.8, 4) is 0 Å². The fraction of sp³-hybridized carbons (Fsp3) is 0.263. The van der Waals surface area contributed by atoms with Crippen LogP contribution in [0, 0.1) is 0 Å². The molecule has 0 bridgehead atoms. The Kier molecular flexibility index (Phi) is 5.44. The first kappa shape index (κ1) is 18.2. The summed E-state index contributed by atoms with van der Waals surface area (Å²) >= 11 is 6.00. The molecule has 136 valence electrons. The number of carbonyl (C=O) groups excluding carboxylic acids is 1. The summed E-state index contributed by atoms with van der Waals surface area (Å²) in [5.74, 6) is -1.19. The zero-order valence-corrected chi connectivity index (χ0v) is 15.2. The van der Waals surface area contributed by atoms with Crippen LogP contribution in [-0.2, 0) is 22.7 Å². The van der Waals surface area contributed by atoms with Gasteiger partial charge in [0, 0.05) is 30.8 Å². The first-order valence-corrected chi connectivity index (χ1v) is 8.62. The number of anilines is 1. The zero-order valence-electron chi connectivity index (χ0n) is 14.4. The molecule has 2 aromatic carbocycles. The molecule has 3 rings (SSSR count). The number of carboxylic acid groups (broad SMARTS) is 1. The summed E-state index contributed by atoms with van der Waals surface area (Å²) in [7, 11) is 1.71. The van der Waals surface area contributed by atoms with Crippen molar-refractivity contribution >= 4 is 29.2 Å². The quantitative estimate of drug-likeness (QED) is 0.843. The number of rotatable bonds is 6. The minimum absolute atomic E-state index is 0.0456. The van der Waals surface area contributed by atoms with E-state index in [4.69, 9.17) is 11.6 Å². The summed E-state index contributed by atoms with van der Waals surface area (Å²) in [6.45, 7) is 0.999. The second-order valence-corrected chi connectivity index (χ2v) is 6.67. The molecular formula is C19H20ClN3O3. The van der Waals surface area contributed by atoms with Gasteiger partial charge in [-0.2, -0.15) is 0 Å². The van der Waals surface area contributed by atoms with Gasteiger partial charge in [0.2, 0.25) is 0 Å². The number of likely N-dealkylation sites (N-methyl/N-ethyl adjacent to an activating group) is 1. The lowest BCUT2D eigenvalue weighted by Gasteiger charge is -2.31. The molecule has 0 spiro atoms. The minimum Gasteiger partial charge on any atom is -0.480 e. The topological polar surface area (TPSA) is 64.1 Å². The van der Waals surface area contributed by atoms with Crippen molar-refractivity contribution in [3.63, 3.8) is 0 Å². The molecule has 1 N–H and O–H groups in total. The van der Waals surface area contributed by atoms with E-state index in [0.29, 0.717) is 23.8 Å². The summed E-state index contributed by atoms with van der Waals surface area (Å²) in [5, 5.41) is 13.2. The van der Waals surface area contributed by atoms with Crippen molar-refractivity contribution in [1.29, 1.82) is 0 Å². The van der Waals surface area contributed by atoms with Crippen LogP contribution in [0.3, 0.4) is 0 Å². The third-order valence-electron chi connectivity index (χ3n) is 4.43. The van der Waals surface area contributed by atoms with E-state index in [1.807, 2.05) is 17.1 Å². The van der Waals surface area contributed by atoms with E-state index in [-0.39, 0.29) is 19.0 Å². The Morgan fingerprint density at radius 3 is 2.31 bits per heavy atom. The van der Waals surface area contributed by atoms with E-state index in [2.05, 4.69) is 12.1 Å². The van der Waals surface area contributed by atoms with Crippen molar-refractivity contribution < 1.29 is 14.7 Å². The van der Waals surface area contributed by atoms with E-state index in [1.165, 1.54) is 16.0 Å². The molecule has 1 aliphatic rings. The van der Waals surface area contributed by atoms with Gasteiger partial charge in [-0.15, -0.1) is 0 Å². The molecule has 1 heterocycles. The Bertz CT molecular complexity index is 802. The number of hydrazine groups is 1. The van der Waals surface area contributed by atoms with Gasteiger partial charge in [-0.25, -0.2) is 5.01 Å². The lowest BCUT2D eigenvalue weighted by atomic mass is 10.1. The lowest BCUT2D eigenvalue weighted by molar-refractivity contribution is -0.145. The number of hydrogen-bond donors (Lipinski definition) is 1. The van der Waals surface area contributed by atoms with Crippen molar-refractivity contribution in [1.82, 2.24) is 10.0 Å². The number of hydrogen-bond acceptors (Lipinski definition) is 4. The predicted octanol–water partition coefficient (Wildman–Crippen LogP) is 2.62. The maximum Gasteiger partial charge on any atom is 0.323 e. The highest BCUT2D eigenvalue weighted by Crippen LogP contribution is 2.24. The van der Waals surface area contributed by atoms with Gasteiger partial charge in [-0.3, -0.25) is 14.6 Å². The molecule has 1 aliphatic heterocycles. The molecule has 7 heteroatoms. The third kappa shape index (κ3) is 4.15. The van der Waals surface area contributed by atoms with Crippen molar-refractivity contribution in [2.24, 2.45) is 0 Å². The number of fused-ring (bicyclic) bond motifs is 1. The smallest absolute Gasteiger partial charge is 0.323 e. The molecule has 0 saturated carbocycles. The highest BCUT2D eigenvalue weighted by molar-refractivity contribution is 6.30. The predicted molar refractivity (Wildman–Crippen MR) is 99.8 cm³/mol. The van der Waals surface area contributed by atoms with Crippen LogP contribution < -0.4 is 4.90 Å². The van der Waals surface area contributed by atoms with Crippen LogP contribution in [0.4, 0.5) is 5.69 Å². The summed E-state index contributed by atoms with van der Waals surface area (Å²) < 4.78 is 0. The number of aliphatic carboxylic acids is 1. The van der Waals surface area contributed by atoms with Crippen LogP contribution >= 0.6 is 11.6 Å². The summed E-state index contributed by atoms with van der Waals surface area (Å²) in [6.07, 6.45) is 0. The molecule has 6 nitrogen and oxygen atoms in total. The van der Waals surface area contributed by atoms with Crippen LogP contribution in [-0.4, -0.2) is 47.1 Å². The molecule has 0 atom stereocenters. The Morgan fingerprint density at radius 2 is 1.73 bits per heavy atom. The molecule has 0 aromatic heterocycles. The van der Waals surface area contributed by atoms with E-state index in [9.17, 15) is 14.7 Å². The second-order valence-electron chi connectivity index (χ2n) is 6.24. The Balaban J connectivity index is 1.70. The summed E-state index contributed by atoms with van der Waals surface area (Å²) in [5.41, 5.74) is 3.00. The van der Waals surface area contributed by atoms with Gasteiger partial charge in [0.15, 0.2) is 0 Å². The van der Waals surface area contributed by atoms with E-state index >= 15 is 0 Å². The molecule has 0 fully saturated rings. The average molecular weight is 374 g/mol. The van der Waals surface area contributed by atoms with Gasteiger partial charge < -0.3 is 10.0 Å². The maximum absolute atomic E-state index is 12.7. The molecule has 26 heavy (non-hydrogen) atoms. The van der Waals surface area contributed by atoms with Gasteiger partial charge in [0.1, 0.15) is 6.54 Å². The first-order chi connectivity index (χ1) is 12.4. The fourth-order valence-corrected chi connectivity index (χ4v) is 3.21. The third-order valence-corrected chi connectivity index (χ3v) is 4.67. The van der Waals surface area contributed by atoms with Crippen LogP contribution in [0.1, 0.15) is 11.1 Å². The van der Waals surface area contributed by atoms with Crippen molar-refractivity contribution in [3.05, 3.63) is 64.7 Å². The van der Waals surface area contributed by atoms with E-state index in [1.54, 1.807) is 36.3 Å². The monoisotopic (exact) mass is 373 g/mol. The van der Waals surface area contributed by atoms with Crippen LogP contribution in [0.5, 0.6) is 0 Å². The van der Waals surface area contributed by atoms with E-state index in [0.717, 1.165) is 0 Å². The van der Waals surface area contributed by atoms with Crippen LogP contribution in [0.25, 0.3) is 0 Å². The Morgan fingerprint density at radius 1 is 1.08 bits per heavy atom. The second kappa shape index (κ2) is 7.76. The maximum atomic E-state index is 12.7. The molecule has 1 amide bonds. The number of halogens is 1. The highest BCUT2D eigenvalue weighted by Gasteiger charge is 2.26. The number of carboxylic acids is 1. The van der Waals surface area contributed by atoms with Crippen molar-refractivity contribution in [2.75, 3.05) is 25.0 Å². The van der Waals surface area contributed by atoms with Gasteiger partial charge >= 0.3 is 5.97 Å². The normalized spacial score (nSPS) is 13.3. The van der Waals surface area contributed by atoms with Gasteiger partial charge in [-0.1, -0.05) is 41.9 Å². The first-order valence-electron chi connectivity index (χ1n) is 8.24. The standard InChI is InChI=1S/C19H20ClN3O3/c1-21(23-10-14-5-2-3-6-15(14)11-23)18(24)12-22(13-19(25)26)17-8-4-7-16(20)9-17/h2-9H,10-13H2,1H3,(H,25,26). The number of benzene rings is 2. The number of amides is 1. The largest absolute Gasteiger partial charge is 0.480 e. The van der Waals surface area contributed by atoms with Crippen molar-refractivity contribution in [2.45, 2.75) is 13.1 Å². The number of carbonyl (C=O) groups is 2. The molecule has 0 unspecified atom stereocenters. The number of nitrogens with zero attached hydrogens (tertiary/aromatic N) is 3. The van der Waals surface area contributed by atoms with E-state index < -0.39 is 5.97 Å². The van der Waals surface area contributed by atoms with Crippen LogP contribution in [0.15, 0.2) is 48.5 Å². The minimum atomic E-state index is -1.01. The molecule has 0 saturated heterocycles. The summed E-state index contributed by atoms with van der Waals surface area (Å²) in [4.78, 5) is 25.5. The van der Waals surface area contributed by atoms with Gasteiger partial charge in [0.05, 0.1) is 6.54 Å². The average Bonchev–Trinajstić information content (AvgIpc) is 3.04. The molecule has 0 aliphatic carbocycles. The molecule has 0 radical (unpaired) electrons.